The van der Waals surface area contributed by atoms with E-state index in [0.29, 0.717) is 49.5 Å². The topological polar surface area (TPSA) is 100 Å². The van der Waals surface area contributed by atoms with Crippen molar-refractivity contribution in [3.8, 4) is 5.69 Å². The Morgan fingerprint density at radius 3 is 2.57 bits per heavy atom. The largest absolute Gasteiger partial charge is 0.383 e. The number of hydrogen-bond donors (Lipinski definition) is 2. The maximum absolute atomic E-state index is 13.5. The summed E-state index contributed by atoms with van der Waals surface area (Å²) in [6.45, 7) is 8.63. The number of rotatable bonds is 9. The minimum absolute atomic E-state index is 0.296. The Hall–Kier alpha value is -2.51. The zero-order valence-electron chi connectivity index (χ0n) is 21.7. The van der Waals surface area contributed by atoms with Crippen molar-refractivity contribution in [1.29, 1.82) is 0 Å². The fourth-order valence-electron chi connectivity index (χ4n) is 4.76. The normalized spacial score (nSPS) is 17.0. The highest BCUT2D eigenvalue weighted by atomic mass is 32.2. The first-order valence-corrected chi connectivity index (χ1v) is 14.4. The number of methoxy groups -OCH3 is 1. The van der Waals surface area contributed by atoms with Gasteiger partial charge in [0.1, 0.15) is 0 Å². The van der Waals surface area contributed by atoms with E-state index in [-0.39, 0.29) is 0 Å². The molecule has 202 valence electrons. The number of anilines is 1. The second kappa shape index (κ2) is 12.4. The van der Waals surface area contributed by atoms with E-state index < -0.39 is 10.0 Å². The minimum atomic E-state index is -3.63. The first kappa shape index (κ1) is 27.5. The molecular weight excluding hydrogens is 512 g/mol. The number of aromatic nitrogens is 1. The monoisotopic (exact) mass is 548 g/mol. The summed E-state index contributed by atoms with van der Waals surface area (Å²) in [7, 11) is -2.00. The van der Waals surface area contributed by atoms with Crippen molar-refractivity contribution in [2.75, 3.05) is 64.6 Å². The number of morpholine rings is 1. The molecule has 2 aromatic rings. The van der Waals surface area contributed by atoms with Gasteiger partial charge in [0.05, 0.1) is 42.3 Å². The minimum Gasteiger partial charge on any atom is -0.383 e. The fourth-order valence-corrected chi connectivity index (χ4v) is 6.34. The van der Waals surface area contributed by atoms with E-state index in [1.54, 1.807) is 19.4 Å². The van der Waals surface area contributed by atoms with Gasteiger partial charge < -0.3 is 24.3 Å². The van der Waals surface area contributed by atoms with Crippen LogP contribution >= 0.6 is 12.2 Å². The van der Waals surface area contributed by atoms with Gasteiger partial charge in [-0.05, 0) is 63.2 Å². The zero-order chi connectivity index (χ0) is 26.4. The highest BCUT2D eigenvalue weighted by Gasteiger charge is 2.28. The standard InChI is InChI=1S/C25H36N6O4S2/c1-19-16-21(18-27-28-25(36)26-8-13-34-3)20(2)31(19)24-17-22(6-7-23(24)29-9-4-5-10-29)37(32,33)30-11-14-35-15-12-30/h6-7,16-18H,4-5,8-15H2,1-3H3,(H2,26,28,36)/b27-18+. The smallest absolute Gasteiger partial charge is 0.243 e. The molecule has 2 aliphatic heterocycles. The van der Waals surface area contributed by atoms with E-state index in [2.05, 4.69) is 25.3 Å². The van der Waals surface area contributed by atoms with Crippen molar-refractivity contribution in [2.24, 2.45) is 5.10 Å². The van der Waals surface area contributed by atoms with E-state index >= 15 is 0 Å². The molecule has 2 aliphatic rings. The first-order valence-electron chi connectivity index (χ1n) is 12.5. The van der Waals surface area contributed by atoms with Gasteiger partial charge in [0.25, 0.3) is 0 Å². The van der Waals surface area contributed by atoms with Crippen molar-refractivity contribution in [3.05, 3.63) is 41.2 Å². The van der Waals surface area contributed by atoms with Crippen molar-refractivity contribution < 1.29 is 17.9 Å². The highest BCUT2D eigenvalue weighted by Crippen LogP contribution is 2.34. The number of ether oxygens (including phenoxy) is 2. The van der Waals surface area contributed by atoms with Gasteiger partial charge in [0.15, 0.2) is 5.11 Å². The molecule has 0 bridgehead atoms. The van der Waals surface area contributed by atoms with E-state index in [1.807, 2.05) is 32.0 Å². The number of nitrogens with zero attached hydrogens (tertiary/aromatic N) is 4. The molecule has 12 heteroatoms. The summed E-state index contributed by atoms with van der Waals surface area (Å²) in [5, 5.41) is 7.72. The Balaban J connectivity index is 1.67. The summed E-state index contributed by atoms with van der Waals surface area (Å²) < 4.78 is 40.9. The maximum atomic E-state index is 13.5. The van der Waals surface area contributed by atoms with Crippen LogP contribution in [0.5, 0.6) is 0 Å². The Kier molecular flexibility index (Phi) is 9.19. The van der Waals surface area contributed by atoms with Crippen molar-refractivity contribution in [2.45, 2.75) is 31.6 Å². The predicted molar refractivity (Wildman–Crippen MR) is 149 cm³/mol. The first-order chi connectivity index (χ1) is 17.8. The fraction of sp³-hybridized carbons (Fsp3) is 0.520. The summed E-state index contributed by atoms with van der Waals surface area (Å²) in [5.74, 6) is 0. The van der Waals surface area contributed by atoms with E-state index in [4.69, 9.17) is 21.7 Å². The molecule has 2 saturated heterocycles. The maximum Gasteiger partial charge on any atom is 0.243 e. The van der Waals surface area contributed by atoms with Gasteiger partial charge in [-0.2, -0.15) is 9.41 Å². The molecule has 0 saturated carbocycles. The molecule has 10 nitrogen and oxygen atoms in total. The van der Waals surface area contributed by atoms with Gasteiger partial charge in [0.2, 0.25) is 10.0 Å². The Morgan fingerprint density at radius 2 is 1.86 bits per heavy atom. The van der Waals surface area contributed by atoms with Crippen LogP contribution in [0.4, 0.5) is 5.69 Å². The van der Waals surface area contributed by atoms with Crippen LogP contribution < -0.4 is 15.6 Å². The molecule has 4 rings (SSSR count). The van der Waals surface area contributed by atoms with E-state index in [9.17, 15) is 8.42 Å². The summed E-state index contributed by atoms with van der Waals surface area (Å²) >= 11 is 5.23. The van der Waals surface area contributed by atoms with Gasteiger partial charge >= 0.3 is 0 Å². The highest BCUT2D eigenvalue weighted by molar-refractivity contribution is 7.89. The Bertz CT molecular complexity index is 1230. The molecule has 0 amide bonds. The van der Waals surface area contributed by atoms with Gasteiger partial charge in [0, 0.05) is 56.8 Å². The summed E-state index contributed by atoms with van der Waals surface area (Å²) in [6, 6.07) is 7.54. The van der Waals surface area contributed by atoms with Gasteiger partial charge in [-0.25, -0.2) is 8.42 Å². The second-order valence-electron chi connectivity index (χ2n) is 9.14. The van der Waals surface area contributed by atoms with Gasteiger partial charge in [-0.1, -0.05) is 0 Å². The average Bonchev–Trinajstić information content (AvgIpc) is 3.52. The van der Waals surface area contributed by atoms with Gasteiger partial charge in [-0.15, -0.1) is 0 Å². The molecule has 3 heterocycles. The molecule has 0 spiro atoms. The second-order valence-corrected chi connectivity index (χ2v) is 11.5. The third-order valence-corrected chi connectivity index (χ3v) is 8.80. The van der Waals surface area contributed by atoms with Crippen molar-refractivity contribution in [3.63, 3.8) is 0 Å². The number of aryl methyl sites for hydroxylation is 1. The summed E-state index contributed by atoms with van der Waals surface area (Å²) in [5.41, 5.74) is 7.58. The molecule has 0 unspecified atom stereocenters. The van der Waals surface area contributed by atoms with Crippen LogP contribution in [0.15, 0.2) is 34.3 Å². The quantitative estimate of drug-likeness (QED) is 0.213. The molecule has 0 atom stereocenters. The Morgan fingerprint density at radius 1 is 1.14 bits per heavy atom. The number of hydrogen-bond acceptors (Lipinski definition) is 7. The van der Waals surface area contributed by atoms with Crippen LogP contribution in [0.3, 0.4) is 0 Å². The van der Waals surface area contributed by atoms with Crippen LogP contribution in [0.1, 0.15) is 29.8 Å². The lowest BCUT2D eigenvalue weighted by Gasteiger charge is -2.28. The van der Waals surface area contributed by atoms with Crippen molar-refractivity contribution >= 4 is 39.3 Å². The number of sulfonamides is 1. The zero-order valence-corrected chi connectivity index (χ0v) is 23.3. The molecule has 0 aliphatic carbocycles. The molecule has 2 fully saturated rings. The Labute approximate surface area is 224 Å². The number of nitrogens with one attached hydrogen (secondary N) is 2. The van der Waals surface area contributed by atoms with Crippen LogP contribution in [0.2, 0.25) is 0 Å². The third kappa shape index (κ3) is 6.32. The molecule has 1 aromatic carbocycles. The third-order valence-electron chi connectivity index (χ3n) is 6.67. The summed E-state index contributed by atoms with van der Waals surface area (Å²) in [6.07, 6.45) is 3.98. The van der Waals surface area contributed by atoms with Crippen LogP contribution in [0.25, 0.3) is 5.69 Å². The number of hydrazone groups is 1. The molecule has 1 aromatic heterocycles. The number of benzene rings is 1. The van der Waals surface area contributed by atoms with Crippen LogP contribution in [-0.4, -0.2) is 88.3 Å². The number of thiocarbonyl (C=S) groups is 1. The molecule has 2 N–H and O–H groups in total. The van der Waals surface area contributed by atoms with Crippen LogP contribution in [-0.2, 0) is 19.5 Å². The molecule has 37 heavy (non-hydrogen) atoms. The van der Waals surface area contributed by atoms with Crippen LogP contribution in [0, 0.1) is 13.8 Å². The van der Waals surface area contributed by atoms with Gasteiger partial charge in [-0.3, -0.25) is 5.43 Å². The average molecular weight is 549 g/mol. The molecular formula is C25H36N6O4S2. The molecule has 0 radical (unpaired) electrons. The predicted octanol–water partition coefficient (Wildman–Crippen LogP) is 2.16. The van der Waals surface area contributed by atoms with Crippen molar-refractivity contribution in [1.82, 2.24) is 19.6 Å². The lowest BCUT2D eigenvalue weighted by molar-refractivity contribution is 0.0730. The lowest BCUT2D eigenvalue weighted by Crippen LogP contribution is -2.40. The summed E-state index contributed by atoms with van der Waals surface area (Å²) in [4.78, 5) is 2.63. The SMILES string of the molecule is COCCNC(=S)N/N=C/c1cc(C)n(-c2cc(S(=O)(=O)N3CCOCC3)ccc2N2CCCC2)c1C. The van der Waals surface area contributed by atoms with E-state index in [1.165, 1.54) is 4.31 Å². The lowest BCUT2D eigenvalue weighted by atomic mass is 10.2. The van der Waals surface area contributed by atoms with E-state index in [0.717, 1.165) is 54.3 Å².